The molecule has 0 aromatic carbocycles. The van der Waals surface area contributed by atoms with Gasteiger partial charge in [0.1, 0.15) is 0 Å². The highest BCUT2D eigenvalue weighted by atomic mass is 16.5. The van der Waals surface area contributed by atoms with Crippen LogP contribution in [0.2, 0.25) is 0 Å². The van der Waals surface area contributed by atoms with E-state index in [1.54, 1.807) is 7.11 Å². The van der Waals surface area contributed by atoms with Gasteiger partial charge in [0.25, 0.3) is 0 Å². The van der Waals surface area contributed by atoms with Crippen LogP contribution in [0.1, 0.15) is 39.5 Å². The van der Waals surface area contributed by atoms with E-state index in [1.165, 1.54) is 12.8 Å². The highest BCUT2D eigenvalue weighted by Crippen LogP contribution is 2.27. The Bertz CT molecular complexity index is 222. The molecule has 108 valence electrons. The van der Waals surface area contributed by atoms with Crippen molar-refractivity contribution in [3.05, 3.63) is 0 Å². The Hall–Kier alpha value is -0.160. The molecule has 1 rings (SSSR count). The SMILES string of the molecule is CCC1CCNC(C(C)(O)CCNCCOC)C1. The van der Waals surface area contributed by atoms with Crippen molar-refractivity contribution in [2.24, 2.45) is 5.92 Å². The average molecular weight is 258 g/mol. The summed E-state index contributed by atoms with van der Waals surface area (Å²) >= 11 is 0. The lowest BCUT2D eigenvalue weighted by molar-refractivity contribution is -0.00559. The second-order valence-electron chi connectivity index (χ2n) is 5.66. The summed E-state index contributed by atoms with van der Waals surface area (Å²) in [5, 5.41) is 17.3. The van der Waals surface area contributed by atoms with Crippen molar-refractivity contribution < 1.29 is 9.84 Å². The summed E-state index contributed by atoms with van der Waals surface area (Å²) in [6.07, 6.45) is 4.35. The molecule has 0 aliphatic carbocycles. The maximum absolute atomic E-state index is 10.6. The van der Waals surface area contributed by atoms with Gasteiger partial charge in [-0.15, -0.1) is 0 Å². The van der Waals surface area contributed by atoms with Crippen LogP contribution in [-0.2, 0) is 4.74 Å². The zero-order chi connectivity index (χ0) is 13.4. The number of aliphatic hydroxyl groups is 1. The molecule has 1 fully saturated rings. The molecular formula is C14H30N2O2. The van der Waals surface area contributed by atoms with E-state index in [9.17, 15) is 5.11 Å². The van der Waals surface area contributed by atoms with E-state index in [4.69, 9.17) is 4.74 Å². The van der Waals surface area contributed by atoms with Gasteiger partial charge in [0.15, 0.2) is 0 Å². The fourth-order valence-corrected chi connectivity index (χ4v) is 2.66. The molecule has 1 aliphatic rings. The first-order chi connectivity index (χ1) is 8.60. The molecule has 1 aliphatic heterocycles. The molecule has 3 atom stereocenters. The first-order valence-corrected chi connectivity index (χ1v) is 7.25. The number of ether oxygens (including phenoxy) is 1. The van der Waals surface area contributed by atoms with Gasteiger partial charge in [-0.25, -0.2) is 0 Å². The molecule has 3 unspecified atom stereocenters. The van der Waals surface area contributed by atoms with Crippen LogP contribution in [0.4, 0.5) is 0 Å². The molecule has 0 spiro atoms. The van der Waals surface area contributed by atoms with E-state index in [-0.39, 0.29) is 6.04 Å². The zero-order valence-electron chi connectivity index (χ0n) is 12.2. The lowest BCUT2D eigenvalue weighted by Gasteiger charge is -2.39. The van der Waals surface area contributed by atoms with Gasteiger partial charge in [0, 0.05) is 19.7 Å². The Morgan fingerprint density at radius 2 is 2.22 bits per heavy atom. The summed E-state index contributed by atoms with van der Waals surface area (Å²) in [5.74, 6) is 0.768. The summed E-state index contributed by atoms with van der Waals surface area (Å²) in [7, 11) is 1.70. The summed E-state index contributed by atoms with van der Waals surface area (Å²) in [5.41, 5.74) is -0.617. The quantitative estimate of drug-likeness (QED) is 0.572. The largest absolute Gasteiger partial charge is 0.389 e. The van der Waals surface area contributed by atoms with Gasteiger partial charge < -0.3 is 20.5 Å². The van der Waals surface area contributed by atoms with Crippen LogP contribution >= 0.6 is 0 Å². The molecule has 0 saturated carbocycles. The van der Waals surface area contributed by atoms with Crippen LogP contribution in [0.25, 0.3) is 0 Å². The van der Waals surface area contributed by atoms with E-state index in [0.717, 1.165) is 45.0 Å². The number of hydrogen-bond acceptors (Lipinski definition) is 4. The topological polar surface area (TPSA) is 53.5 Å². The number of hydrogen-bond donors (Lipinski definition) is 3. The molecule has 4 nitrogen and oxygen atoms in total. The Labute approximate surface area is 111 Å². The lowest BCUT2D eigenvalue weighted by Crippen LogP contribution is -2.53. The van der Waals surface area contributed by atoms with Gasteiger partial charge in [-0.3, -0.25) is 0 Å². The summed E-state index contributed by atoms with van der Waals surface area (Å²) in [4.78, 5) is 0. The molecule has 1 saturated heterocycles. The van der Waals surface area contributed by atoms with Gasteiger partial charge in [-0.1, -0.05) is 13.3 Å². The fraction of sp³-hybridized carbons (Fsp3) is 1.00. The summed E-state index contributed by atoms with van der Waals surface area (Å²) in [6, 6.07) is 0.237. The monoisotopic (exact) mass is 258 g/mol. The van der Waals surface area contributed by atoms with Crippen LogP contribution in [0.3, 0.4) is 0 Å². The standard InChI is InChI=1S/C14H30N2O2/c1-4-12-5-7-16-13(11-12)14(2,17)6-8-15-9-10-18-3/h12-13,15-17H,4-11H2,1-3H3. The van der Waals surface area contributed by atoms with E-state index >= 15 is 0 Å². The lowest BCUT2D eigenvalue weighted by atomic mass is 9.81. The minimum absolute atomic E-state index is 0.237. The van der Waals surface area contributed by atoms with Gasteiger partial charge in [0.2, 0.25) is 0 Å². The first kappa shape index (κ1) is 15.9. The summed E-state index contributed by atoms with van der Waals surface area (Å²) < 4.78 is 4.98. The van der Waals surface area contributed by atoms with Crippen molar-refractivity contribution in [3.8, 4) is 0 Å². The first-order valence-electron chi connectivity index (χ1n) is 7.25. The Morgan fingerprint density at radius 3 is 2.89 bits per heavy atom. The van der Waals surface area contributed by atoms with E-state index in [0.29, 0.717) is 0 Å². The van der Waals surface area contributed by atoms with E-state index < -0.39 is 5.60 Å². The van der Waals surface area contributed by atoms with Crippen LogP contribution < -0.4 is 10.6 Å². The third-order valence-electron chi connectivity index (χ3n) is 4.13. The van der Waals surface area contributed by atoms with Crippen molar-refractivity contribution in [3.63, 3.8) is 0 Å². The Morgan fingerprint density at radius 1 is 1.44 bits per heavy atom. The predicted octanol–water partition coefficient (Wildman–Crippen LogP) is 1.14. The number of nitrogens with one attached hydrogen (secondary N) is 2. The third-order valence-corrected chi connectivity index (χ3v) is 4.13. The van der Waals surface area contributed by atoms with Crippen molar-refractivity contribution in [2.45, 2.75) is 51.2 Å². The van der Waals surface area contributed by atoms with Gasteiger partial charge in [0.05, 0.1) is 12.2 Å². The second-order valence-corrected chi connectivity index (χ2v) is 5.66. The molecule has 0 bridgehead atoms. The molecule has 0 aromatic rings. The number of rotatable bonds is 8. The van der Waals surface area contributed by atoms with Crippen molar-refractivity contribution in [1.82, 2.24) is 10.6 Å². The molecule has 3 N–H and O–H groups in total. The van der Waals surface area contributed by atoms with Crippen LogP contribution in [-0.4, -0.2) is 50.1 Å². The van der Waals surface area contributed by atoms with Crippen molar-refractivity contribution in [2.75, 3.05) is 33.4 Å². The predicted molar refractivity (Wildman–Crippen MR) is 74.8 cm³/mol. The molecule has 18 heavy (non-hydrogen) atoms. The molecule has 1 heterocycles. The molecule has 0 amide bonds. The average Bonchev–Trinajstić information content (AvgIpc) is 2.38. The van der Waals surface area contributed by atoms with Gasteiger partial charge in [-0.05, 0) is 45.2 Å². The van der Waals surface area contributed by atoms with Gasteiger partial charge in [-0.2, -0.15) is 0 Å². The van der Waals surface area contributed by atoms with E-state index in [2.05, 4.69) is 17.6 Å². The maximum atomic E-state index is 10.6. The Kier molecular flexibility index (Phi) is 7.15. The minimum atomic E-state index is -0.617. The van der Waals surface area contributed by atoms with Crippen molar-refractivity contribution >= 4 is 0 Å². The number of methoxy groups -OCH3 is 1. The smallest absolute Gasteiger partial charge is 0.0784 e. The normalized spacial score (nSPS) is 28.0. The molecular weight excluding hydrogens is 228 g/mol. The number of piperidine rings is 1. The molecule has 4 heteroatoms. The summed E-state index contributed by atoms with van der Waals surface area (Å²) in [6.45, 7) is 7.65. The third kappa shape index (κ3) is 5.22. The second kappa shape index (κ2) is 8.10. The van der Waals surface area contributed by atoms with Gasteiger partial charge >= 0.3 is 0 Å². The Balaban J connectivity index is 2.28. The van der Waals surface area contributed by atoms with E-state index in [1.807, 2.05) is 6.92 Å². The van der Waals surface area contributed by atoms with Crippen LogP contribution in [0.5, 0.6) is 0 Å². The molecule has 0 aromatic heterocycles. The maximum Gasteiger partial charge on any atom is 0.0784 e. The van der Waals surface area contributed by atoms with Crippen LogP contribution in [0, 0.1) is 5.92 Å². The highest BCUT2D eigenvalue weighted by Gasteiger charge is 2.34. The highest BCUT2D eigenvalue weighted by molar-refractivity contribution is 4.92. The van der Waals surface area contributed by atoms with Crippen molar-refractivity contribution in [1.29, 1.82) is 0 Å². The molecule has 0 radical (unpaired) electrons. The zero-order valence-corrected chi connectivity index (χ0v) is 12.2. The van der Waals surface area contributed by atoms with Crippen LogP contribution in [0.15, 0.2) is 0 Å². The minimum Gasteiger partial charge on any atom is -0.389 e. The fourth-order valence-electron chi connectivity index (χ4n) is 2.66.